The normalized spacial score (nSPS) is 17.1. The number of hydrogen-bond acceptors (Lipinski definition) is 6. The summed E-state index contributed by atoms with van der Waals surface area (Å²) in [6.07, 6.45) is -3.88. The van der Waals surface area contributed by atoms with E-state index in [-0.39, 0.29) is 24.8 Å². The highest BCUT2D eigenvalue weighted by Crippen LogP contribution is 2.28. The zero-order valence-electron chi connectivity index (χ0n) is 14.8. The van der Waals surface area contributed by atoms with Crippen molar-refractivity contribution < 1.29 is 27.4 Å². The minimum Gasteiger partial charge on any atom is -0.405 e. The number of hydrogen-bond donors (Lipinski definition) is 1. The molecule has 1 atom stereocenters. The Morgan fingerprint density at radius 1 is 1.26 bits per heavy atom. The monoisotopic (exact) mass is 383 g/mol. The van der Waals surface area contributed by atoms with E-state index in [9.17, 15) is 13.2 Å². The van der Waals surface area contributed by atoms with Crippen molar-refractivity contribution in [2.45, 2.75) is 31.9 Å². The van der Waals surface area contributed by atoms with Gasteiger partial charge in [0.1, 0.15) is 18.2 Å². The Kier molecular flexibility index (Phi) is 6.12. The fourth-order valence-corrected chi connectivity index (χ4v) is 2.84. The molecule has 0 amide bonds. The van der Waals surface area contributed by atoms with Crippen molar-refractivity contribution in [3.8, 4) is 5.75 Å². The van der Waals surface area contributed by atoms with Gasteiger partial charge in [-0.05, 0) is 12.5 Å². The predicted octanol–water partition coefficient (Wildman–Crippen LogP) is 3.64. The average Bonchev–Trinajstić information content (AvgIpc) is 3.14. The van der Waals surface area contributed by atoms with Gasteiger partial charge in [0, 0.05) is 37.8 Å². The lowest BCUT2D eigenvalue weighted by atomic mass is 10.0. The van der Waals surface area contributed by atoms with Crippen molar-refractivity contribution >= 4 is 5.82 Å². The third-order valence-corrected chi connectivity index (χ3v) is 4.07. The smallest absolute Gasteiger partial charge is 0.405 e. The summed E-state index contributed by atoms with van der Waals surface area (Å²) >= 11 is 0. The van der Waals surface area contributed by atoms with Crippen molar-refractivity contribution in [1.82, 2.24) is 9.97 Å². The van der Waals surface area contributed by atoms with Gasteiger partial charge in [-0.15, -0.1) is 13.2 Å². The molecule has 1 fully saturated rings. The van der Waals surface area contributed by atoms with Gasteiger partial charge in [0.15, 0.2) is 5.82 Å². The van der Waals surface area contributed by atoms with Crippen LogP contribution in [-0.2, 0) is 22.6 Å². The number of alkyl halides is 3. The Labute approximate surface area is 154 Å². The van der Waals surface area contributed by atoms with Gasteiger partial charge in [0.05, 0.1) is 12.3 Å². The lowest BCUT2D eigenvalue weighted by molar-refractivity contribution is -0.274. The molecule has 0 bridgehead atoms. The van der Waals surface area contributed by atoms with E-state index in [0.717, 1.165) is 12.1 Å². The number of nitrogens with one attached hydrogen (secondary N) is 1. The van der Waals surface area contributed by atoms with Gasteiger partial charge in [-0.1, -0.05) is 18.2 Å². The van der Waals surface area contributed by atoms with Gasteiger partial charge >= 0.3 is 6.36 Å². The van der Waals surface area contributed by atoms with Crippen LogP contribution in [0.1, 0.15) is 29.4 Å². The maximum absolute atomic E-state index is 12.6. The molecule has 1 aliphatic heterocycles. The topological polar surface area (TPSA) is 65.5 Å². The molecule has 1 aromatic carbocycles. The quantitative estimate of drug-likeness (QED) is 0.788. The number of ether oxygens (including phenoxy) is 3. The Morgan fingerprint density at radius 2 is 2.07 bits per heavy atom. The summed E-state index contributed by atoms with van der Waals surface area (Å²) in [6, 6.07) is 7.78. The maximum Gasteiger partial charge on any atom is 0.573 e. The molecule has 2 aromatic rings. The van der Waals surface area contributed by atoms with E-state index >= 15 is 0 Å². The summed E-state index contributed by atoms with van der Waals surface area (Å²) in [6.45, 7) is 1.63. The number of rotatable bonds is 7. The Bertz CT molecular complexity index is 765. The van der Waals surface area contributed by atoms with Crippen LogP contribution in [0, 0.1) is 0 Å². The van der Waals surface area contributed by atoms with Gasteiger partial charge in [-0.2, -0.15) is 0 Å². The number of anilines is 1. The molecule has 0 unspecified atom stereocenters. The highest BCUT2D eigenvalue weighted by molar-refractivity contribution is 5.41. The Morgan fingerprint density at radius 3 is 2.78 bits per heavy atom. The maximum atomic E-state index is 12.6. The van der Waals surface area contributed by atoms with E-state index in [1.165, 1.54) is 12.1 Å². The first-order valence-corrected chi connectivity index (χ1v) is 8.46. The van der Waals surface area contributed by atoms with Crippen LogP contribution in [0.5, 0.6) is 5.75 Å². The zero-order valence-corrected chi connectivity index (χ0v) is 14.8. The van der Waals surface area contributed by atoms with Gasteiger partial charge in [0.2, 0.25) is 0 Å². The van der Waals surface area contributed by atoms with Gasteiger partial charge in [-0.25, -0.2) is 9.97 Å². The fourth-order valence-electron chi connectivity index (χ4n) is 2.84. The molecule has 0 aliphatic carbocycles. The second-order valence-corrected chi connectivity index (χ2v) is 6.10. The number of benzene rings is 1. The first-order chi connectivity index (χ1) is 12.9. The molecular weight excluding hydrogens is 363 g/mol. The molecule has 27 heavy (non-hydrogen) atoms. The van der Waals surface area contributed by atoms with Crippen LogP contribution in [0.15, 0.2) is 30.3 Å². The van der Waals surface area contributed by atoms with E-state index in [1.54, 1.807) is 25.3 Å². The first-order valence-electron chi connectivity index (χ1n) is 8.46. The minimum atomic E-state index is -4.74. The van der Waals surface area contributed by atoms with E-state index < -0.39 is 6.36 Å². The molecule has 1 aliphatic rings. The molecular formula is C18H20F3N3O3. The van der Waals surface area contributed by atoms with Crippen molar-refractivity contribution in [3.05, 3.63) is 47.4 Å². The fraction of sp³-hybridized carbons (Fsp3) is 0.444. The van der Waals surface area contributed by atoms with Crippen LogP contribution in [-0.4, -0.2) is 36.7 Å². The molecule has 6 nitrogen and oxygen atoms in total. The third kappa shape index (κ3) is 5.54. The predicted molar refractivity (Wildman–Crippen MR) is 91.4 cm³/mol. The summed E-state index contributed by atoms with van der Waals surface area (Å²) in [5.74, 6) is 0.947. The minimum absolute atomic E-state index is 0.121. The van der Waals surface area contributed by atoms with E-state index in [4.69, 9.17) is 9.47 Å². The van der Waals surface area contributed by atoms with E-state index in [1.807, 2.05) is 0 Å². The summed E-state index contributed by atoms with van der Waals surface area (Å²) in [5.41, 5.74) is 1.20. The van der Waals surface area contributed by atoms with Crippen LogP contribution >= 0.6 is 0 Å². The third-order valence-electron chi connectivity index (χ3n) is 4.07. The molecule has 146 valence electrons. The highest BCUT2D eigenvalue weighted by Gasteiger charge is 2.32. The molecule has 1 aromatic heterocycles. The lowest BCUT2D eigenvalue weighted by Gasteiger charge is -2.15. The number of aromatic nitrogens is 2. The van der Waals surface area contributed by atoms with Crippen molar-refractivity contribution in [3.63, 3.8) is 0 Å². The highest BCUT2D eigenvalue weighted by atomic mass is 19.4. The first kappa shape index (κ1) is 19.4. The second kappa shape index (κ2) is 8.53. The Balaban J connectivity index is 1.77. The molecule has 1 saturated heterocycles. The average molecular weight is 383 g/mol. The molecule has 3 rings (SSSR count). The Hall–Kier alpha value is -2.39. The molecule has 2 heterocycles. The summed E-state index contributed by atoms with van der Waals surface area (Å²) in [4.78, 5) is 8.86. The number of halogens is 3. The van der Waals surface area contributed by atoms with E-state index in [2.05, 4.69) is 20.0 Å². The largest absolute Gasteiger partial charge is 0.573 e. The zero-order chi connectivity index (χ0) is 19.3. The molecule has 1 N–H and O–H groups in total. The molecule has 0 spiro atoms. The number of methoxy groups -OCH3 is 1. The van der Waals surface area contributed by atoms with Crippen molar-refractivity contribution in [2.75, 3.05) is 25.6 Å². The molecule has 9 heteroatoms. The summed E-state index contributed by atoms with van der Waals surface area (Å²) in [5, 5.41) is 3.05. The standard InChI is InChI=1S/C18H20F3N3O3/c1-25-11-17-23-14(13-6-7-26-10-13)8-16(24-17)22-9-12-4-2-3-5-15(12)27-18(19,20)21/h2-5,8,13H,6-7,9-11H2,1H3,(H,22,23,24)/t13-/m0/s1. The van der Waals surface area contributed by atoms with Crippen LogP contribution in [0.3, 0.4) is 0 Å². The van der Waals surface area contributed by atoms with Crippen LogP contribution < -0.4 is 10.1 Å². The van der Waals surface area contributed by atoms with Gasteiger partial charge in [-0.3, -0.25) is 0 Å². The molecule has 0 saturated carbocycles. The van der Waals surface area contributed by atoms with Gasteiger partial charge in [0.25, 0.3) is 0 Å². The van der Waals surface area contributed by atoms with Crippen LogP contribution in [0.4, 0.5) is 19.0 Å². The van der Waals surface area contributed by atoms with Crippen LogP contribution in [0.2, 0.25) is 0 Å². The summed E-state index contributed by atoms with van der Waals surface area (Å²) in [7, 11) is 1.55. The summed E-state index contributed by atoms with van der Waals surface area (Å²) < 4.78 is 52.3. The number of nitrogens with zero attached hydrogens (tertiary/aromatic N) is 2. The second-order valence-electron chi connectivity index (χ2n) is 6.10. The van der Waals surface area contributed by atoms with Gasteiger partial charge < -0.3 is 19.5 Å². The van der Waals surface area contributed by atoms with Crippen molar-refractivity contribution in [1.29, 1.82) is 0 Å². The number of para-hydroxylation sites is 1. The van der Waals surface area contributed by atoms with Crippen molar-refractivity contribution in [2.24, 2.45) is 0 Å². The van der Waals surface area contributed by atoms with Crippen LogP contribution in [0.25, 0.3) is 0 Å². The molecule has 0 radical (unpaired) electrons. The lowest BCUT2D eigenvalue weighted by Crippen LogP contribution is -2.18. The SMILES string of the molecule is COCc1nc(NCc2ccccc2OC(F)(F)F)cc([C@H]2CCOC2)n1. The van der Waals surface area contributed by atoms with E-state index in [0.29, 0.717) is 30.4 Å².